The Morgan fingerprint density at radius 1 is 0.737 bits per heavy atom. The van der Waals surface area contributed by atoms with Crippen molar-refractivity contribution < 1.29 is 42.5 Å². The van der Waals surface area contributed by atoms with Gasteiger partial charge in [0.1, 0.15) is 5.75 Å². The third-order valence-electron chi connectivity index (χ3n) is 5.10. The van der Waals surface area contributed by atoms with Crippen LogP contribution in [0.2, 0.25) is 0 Å². The van der Waals surface area contributed by atoms with Crippen LogP contribution in [0.4, 0.5) is 4.39 Å². The molecule has 3 aromatic carbocycles. The summed E-state index contributed by atoms with van der Waals surface area (Å²) in [6.45, 7) is 5.96. The number of carbonyl (C=O) groups excluding carboxylic acids is 3. The van der Waals surface area contributed by atoms with E-state index in [1.165, 1.54) is 12.1 Å². The standard InChI is InChI=1S/C29H25FO8/c1-3-27(31)37-18-35-24-12-10-22(11-13-24)21-6-8-23(9-7-21)29(33)34-16-15-20-5-14-26(25(30)17-20)36-19-38-28(32)4-2/h3-14,17H,1-2,15-16,18-19H2. The fourth-order valence-corrected chi connectivity index (χ4v) is 3.13. The minimum Gasteiger partial charge on any atom is -0.462 e. The summed E-state index contributed by atoms with van der Waals surface area (Å²) in [4.78, 5) is 34.4. The van der Waals surface area contributed by atoms with Crippen LogP contribution in [0.5, 0.6) is 11.5 Å². The Labute approximate surface area is 218 Å². The number of halogens is 1. The van der Waals surface area contributed by atoms with Crippen LogP contribution in [0.25, 0.3) is 11.1 Å². The Morgan fingerprint density at radius 3 is 1.89 bits per heavy atom. The van der Waals surface area contributed by atoms with Crippen LogP contribution < -0.4 is 9.47 Å². The minimum absolute atomic E-state index is 0.0563. The highest BCUT2D eigenvalue weighted by Gasteiger charge is 2.10. The number of hydrogen-bond donors (Lipinski definition) is 0. The number of rotatable bonds is 13. The van der Waals surface area contributed by atoms with Crippen molar-refractivity contribution in [2.75, 3.05) is 20.2 Å². The lowest BCUT2D eigenvalue weighted by Gasteiger charge is -2.09. The Hall–Kier alpha value is -4.92. The predicted octanol–water partition coefficient (Wildman–Crippen LogP) is 5.02. The quantitative estimate of drug-likeness (QED) is 0.134. The maximum absolute atomic E-state index is 14.2. The fourth-order valence-electron chi connectivity index (χ4n) is 3.13. The summed E-state index contributed by atoms with van der Waals surface area (Å²) < 4.78 is 39.3. The first-order chi connectivity index (χ1) is 18.4. The molecule has 0 spiro atoms. The molecule has 0 aromatic heterocycles. The summed E-state index contributed by atoms with van der Waals surface area (Å²) in [5, 5.41) is 0. The van der Waals surface area contributed by atoms with Gasteiger partial charge in [0.2, 0.25) is 13.6 Å². The Kier molecular flexibility index (Phi) is 10.2. The average Bonchev–Trinajstić information content (AvgIpc) is 2.94. The molecule has 0 fully saturated rings. The summed E-state index contributed by atoms with van der Waals surface area (Å²) >= 11 is 0. The molecule has 0 aliphatic carbocycles. The van der Waals surface area contributed by atoms with Crippen molar-refractivity contribution in [2.24, 2.45) is 0 Å². The maximum Gasteiger partial charge on any atom is 0.338 e. The van der Waals surface area contributed by atoms with Crippen molar-refractivity contribution in [1.82, 2.24) is 0 Å². The summed E-state index contributed by atoms with van der Waals surface area (Å²) in [6.07, 6.45) is 2.33. The van der Waals surface area contributed by atoms with E-state index >= 15 is 0 Å². The van der Waals surface area contributed by atoms with Crippen LogP contribution >= 0.6 is 0 Å². The van der Waals surface area contributed by atoms with Crippen LogP contribution in [0.3, 0.4) is 0 Å². The van der Waals surface area contributed by atoms with Crippen molar-refractivity contribution in [3.63, 3.8) is 0 Å². The zero-order chi connectivity index (χ0) is 27.3. The van der Waals surface area contributed by atoms with E-state index in [1.807, 2.05) is 12.1 Å². The lowest BCUT2D eigenvalue weighted by molar-refractivity contribution is -0.145. The van der Waals surface area contributed by atoms with Gasteiger partial charge in [0.25, 0.3) is 0 Å². The molecule has 38 heavy (non-hydrogen) atoms. The summed E-state index contributed by atoms with van der Waals surface area (Å²) in [7, 11) is 0. The van der Waals surface area contributed by atoms with E-state index in [0.29, 0.717) is 23.3 Å². The molecule has 0 radical (unpaired) electrons. The van der Waals surface area contributed by atoms with Gasteiger partial charge in [-0.05, 0) is 53.1 Å². The van der Waals surface area contributed by atoms with Gasteiger partial charge in [0.05, 0.1) is 12.2 Å². The van der Waals surface area contributed by atoms with E-state index in [9.17, 15) is 18.8 Å². The van der Waals surface area contributed by atoms with E-state index in [2.05, 4.69) is 17.9 Å². The Morgan fingerprint density at radius 2 is 1.32 bits per heavy atom. The van der Waals surface area contributed by atoms with Gasteiger partial charge in [-0.25, -0.2) is 18.8 Å². The van der Waals surface area contributed by atoms with Crippen molar-refractivity contribution >= 4 is 17.9 Å². The molecule has 0 atom stereocenters. The van der Waals surface area contributed by atoms with Crippen LogP contribution in [-0.4, -0.2) is 38.1 Å². The molecule has 0 saturated heterocycles. The van der Waals surface area contributed by atoms with E-state index in [1.54, 1.807) is 42.5 Å². The highest BCUT2D eigenvalue weighted by Crippen LogP contribution is 2.23. The van der Waals surface area contributed by atoms with Gasteiger partial charge in [0.15, 0.2) is 11.6 Å². The second-order valence-electron chi connectivity index (χ2n) is 7.61. The Bertz CT molecular complexity index is 1280. The van der Waals surface area contributed by atoms with Gasteiger partial charge in [0, 0.05) is 18.6 Å². The summed E-state index contributed by atoms with van der Waals surface area (Å²) in [5.41, 5.74) is 2.76. The maximum atomic E-state index is 14.2. The summed E-state index contributed by atoms with van der Waals surface area (Å²) in [5.74, 6) is -1.92. The van der Waals surface area contributed by atoms with E-state index in [0.717, 1.165) is 23.3 Å². The lowest BCUT2D eigenvalue weighted by atomic mass is 10.0. The lowest BCUT2D eigenvalue weighted by Crippen LogP contribution is -2.09. The summed E-state index contributed by atoms with van der Waals surface area (Å²) in [6, 6.07) is 18.3. The van der Waals surface area contributed by atoms with Crippen molar-refractivity contribution in [2.45, 2.75) is 6.42 Å². The van der Waals surface area contributed by atoms with Gasteiger partial charge in [-0.2, -0.15) is 0 Å². The number of hydrogen-bond acceptors (Lipinski definition) is 8. The molecule has 196 valence electrons. The third-order valence-corrected chi connectivity index (χ3v) is 5.10. The normalized spacial score (nSPS) is 10.1. The molecule has 0 aliphatic heterocycles. The van der Waals surface area contributed by atoms with Gasteiger partial charge in [-0.15, -0.1) is 0 Å². The minimum atomic E-state index is -0.676. The molecule has 9 heteroatoms. The molecule has 3 rings (SSSR count). The number of carbonyl (C=O) groups is 3. The highest BCUT2D eigenvalue weighted by atomic mass is 19.1. The van der Waals surface area contributed by atoms with Crippen LogP contribution in [0, 0.1) is 5.82 Å². The second-order valence-corrected chi connectivity index (χ2v) is 7.61. The molecule has 0 unspecified atom stereocenters. The van der Waals surface area contributed by atoms with Crippen molar-refractivity contribution in [1.29, 1.82) is 0 Å². The van der Waals surface area contributed by atoms with Crippen LogP contribution in [0.1, 0.15) is 15.9 Å². The molecule has 3 aromatic rings. The second kappa shape index (κ2) is 14.0. The average molecular weight is 521 g/mol. The number of benzene rings is 3. The first-order valence-electron chi connectivity index (χ1n) is 11.4. The molecular weight excluding hydrogens is 495 g/mol. The highest BCUT2D eigenvalue weighted by molar-refractivity contribution is 5.90. The molecule has 0 heterocycles. The van der Waals surface area contributed by atoms with E-state index in [-0.39, 0.29) is 19.1 Å². The van der Waals surface area contributed by atoms with Gasteiger partial charge in [-0.1, -0.05) is 43.5 Å². The zero-order valence-electron chi connectivity index (χ0n) is 20.4. The van der Waals surface area contributed by atoms with Crippen LogP contribution in [0.15, 0.2) is 92.0 Å². The first-order valence-corrected chi connectivity index (χ1v) is 11.4. The number of ether oxygens (including phenoxy) is 5. The first kappa shape index (κ1) is 27.7. The van der Waals surface area contributed by atoms with E-state index < -0.39 is 30.5 Å². The molecular formula is C29H25FO8. The predicted molar refractivity (Wildman–Crippen MR) is 136 cm³/mol. The third kappa shape index (κ3) is 8.34. The van der Waals surface area contributed by atoms with Gasteiger partial charge >= 0.3 is 17.9 Å². The topological polar surface area (TPSA) is 97.4 Å². The van der Waals surface area contributed by atoms with Crippen molar-refractivity contribution in [3.05, 3.63) is 109 Å². The van der Waals surface area contributed by atoms with E-state index in [4.69, 9.17) is 18.9 Å². The molecule has 8 nitrogen and oxygen atoms in total. The molecule has 0 amide bonds. The molecule has 0 bridgehead atoms. The van der Waals surface area contributed by atoms with Crippen LogP contribution in [-0.2, 0) is 30.2 Å². The van der Waals surface area contributed by atoms with Crippen molar-refractivity contribution in [3.8, 4) is 22.6 Å². The SMILES string of the molecule is C=CC(=O)OCOc1ccc(-c2ccc(C(=O)OCCc3ccc(OCOC(=O)C=C)c(F)c3)cc2)cc1. The monoisotopic (exact) mass is 520 g/mol. The molecule has 0 aliphatic rings. The fraction of sp³-hybridized carbons (Fsp3) is 0.138. The Balaban J connectivity index is 1.46. The van der Waals surface area contributed by atoms with Gasteiger partial charge < -0.3 is 23.7 Å². The smallest absolute Gasteiger partial charge is 0.338 e. The molecule has 0 N–H and O–H groups in total. The van der Waals surface area contributed by atoms with Gasteiger partial charge in [-0.3, -0.25) is 0 Å². The number of esters is 3. The molecule has 0 saturated carbocycles. The zero-order valence-corrected chi connectivity index (χ0v) is 20.4. The largest absolute Gasteiger partial charge is 0.462 e.